The van der Waals surface area contributed by atoms with Crippen molar-refractivity contribution < 1.29 is 4.74 Å². The molecule has 0 unspecified atom stereocenters. The van der Waals surface area contributed by atoms with Gasteiger partial charge in [0, 0.05) is 13.1 Å². The van der Waals surface area contributed by atoms with E-state index in [0.717, 1.165) is 5.82 Å². The van der Waals surface area contributed by atoms with Gasteiger partial charge in [-0.25, -0.2) is 4.98 Å². The van der Waals surface area contributed by atoms with Crippen LogP contribution in [0.25, 0.3) is 0 Å². The number of nitrogen functional groups attached to an aromatic ring is 1. The van der Waals surface area contributed by atoms with E-state index in [0.29, 0.717) is 17.6 Å². The lowest BCUT2D eigenvalue weighted by atomic mass is 10.1. The van der Waals surface area contributed by atoms with Crippen molar-refractivity contribution in [1.82, 2.24) is 9.97 Å². The third kappa shape index (κ3) is 2.66. The third-order valence-corrected chi connectivity index (χ3v) is 3.73. The minimum absolute atomic E-state index is 0.459. The van der Waals surface area contributed by atoms with Crippen LogP contribution in [0.4, 0.5) is 11.5 Å². The first kappa shape index (κ1) is 12.9. The Hall–Kier alpha value is -1.52. The Labute approximate surface area is 108 Å². The Bertz CT molecular complexity index is 389. The van der Waals surface area contributed by atoms with Crippen molar-refractivity contribution in [3.63, 3.8) is 0 Å². The average Bonchev–Trinajstić information content (AvgIpc) is 2.67. The summed E-state index contributed by atoms with van der Waals surface area (Å²) in [4.78, 5) is 10.5. The van der Waals surface area contributed by atoms with Gasteiger partial charge in [0.1, 0.15) is 12.0 Å². The third-order valence-electron chi connectivity index (χ3n) is 3.73. The maximum Gasteiger partial charge on any atom is 0.242 e. The molecule has 0 spiro atoms. The minimum Gasteiger partial charge on any atom is -0.479 e. The highest BCUT2D eigenvalue weighted by Crippen LogP contribution is 2.31. The molecule has 0 radical (unpaired) electrons. The van der Waals surface area contributed by atoms with Crippen molar-refractivity contribution in [1.29, 1.82) is 0 Å². The van der Waals surface area contributed by atoms with Crippen molar-refractivity contribution in [3.05, 3.63) is 6.33 Å². The summed E-state index contributed by atoms with van der Waals surface area (Å²) in [6.45, 7) is 0. The van der Waals surface area contributed by atoms with Gasteiger partial charge in [-0.15, -0.1) is 0 Å². The smallest absolute Gasteiger partial charge is 0.242 e. The molecule has 1 heterocycles. The molecule has 0 aromatic carbocycles. The molecule has 5 heteroatoms. The fraction of sp³-hybridized carbons (Fsp3) is 0.692. The van der Waals surface area contributed by atoms with E-state index in [9.17, 15) is 0 Å². The quantitative estimate of drug-likeness (QED) is 0.833. The Kier molecular flexibility index (Phi) is 4.23. The molecule has 2 N–H and O–H groups in total. The predicted molar refractivity (Wildman–Crippen MR) is 72.9 cm³/mol. The number of methoxy groups -OCH3 is 1. The maximum atomic E-state index is 6.05. The minimum atomic E-state index is 0.459. The molecule has 1 aliphatic carbocycles. The van der Waals surface area contributed by atoms with Gasteiger partial charge < -0.3 is 15.4 Å². The van der Waals surface area contributed by atoms with Crippen LogP contribution >= 0.6 is 0 Å². The van der Waals surface area contributed by atoms with Gasteiger partial charge in [0.05, 0.1) is 7.11 Å². The van der Waals surface area contributed by atoms with Gasteiger partial charge in [0.2, 0.25) is 5.88 Å². The first-order valence-electron chi connectivity index (χ1n) is 6.61. The van der Waals surface area contributed by atoms with Gasteiger partial charge in [-0.3, -0.25) is 0 Å². The second kappa shape index (κ2) is 5.89. The van der Waals surface area contributed by atoms with Crippen LogP contribution in [-0.2, 0) is 0 Å². The molecule has 0 amide bonds. The predicted octanol–water partition coefficient (Wildman–Crippen LogP) is 2.23. The van der Waals surface area contributed by atoms with Crippen molar-refractivity contribution in [3.8, 4) is 5.88 Å². The molecule has 18 heavy (non-hydrogen) atoms. The van der Waals surface area contributed by atoms with Crippen LogP contribution in [0.15, 0.2) is 6.33 Å². The molecule has 1 aromatic rings. The van der Waals surface area contributed by atoms with Gasteiger partial charge >= 0.3 is 0 Å². The largest absolute Gasteiger partial charge is 0.479 e. The zero-order chi connectivity index (χ0) is 13.0. The number of aromatic nitrogens is 2. The second-order valence-electron chi connectivity index (χ2n) is 4.88. The number of nitrogens with two attached hydrogens (primary N) is 1. The summed E-state index contributed by atoms with van der Waals surface area (Å²) in [5.41, 5.74) is 6.58. The molecule has 0 atom stereocenters. The fourth-order valence-corrected chi connectivity index (χ4v) is 2.63. The fourth-order valence-electron chi connectivity index (χ4n) is 2.63. The molecule has 1 fully saturated rings. The highest BCUT2D eigenvalue weighted by atomic mass is 16.5. The van der Waals surface area contributed by atoms with Crippen LogP contribution in [-0.4, -0.2) is 30.2 Å². The number of nitrogens with zero attached hydrogens (tertiary/aromatic N) is 3. The highest BCUT2D eigenvalue weighted by Gasteiger charge is 2.21. The molecule has 100 valence electrons. The Morgan fingerprint density at radius 2 is 1.89 bits per heavy atom. The first-order chi connectivity index (χ1) is 8.74. The topological polar surface area (TPSA) is 64.3 Å². The van der Waals surface area contributed by atoms with E-state index >= 15 is 0 Å². The van der Waals surface area contributed by atoms with Gasteiger partial charge in [-0.1, -0.05) is 25.7 Å². The molecule has 1 aromatic heterocycles. The summed E-state index contributed by atoms with van der Waals surface area (Å²) in [6.07, 6.45) is 9.19. The van der Waals surface area contributed by atoms with E-state index in [1.165, 1.54) is 44.9 Å². The van der Waals surface area contributed by atoms with E-state index in [1.54, 1.807) is 7.11 Å². The number of hydrogen-bond donors (Lipinski definition) is 1. The molecule has 0 bridgehead atoms. The summed E-state index contributed by atoms with van der Waals surface area (Å²) in [5.74, 6) is 1.24. The summed E-state index contributed by atoms with van der Waals surface area (Å²) in [7, 11) is 3.64. The molecule has 1 saturated carbocycles. The van der Waals surface area contributed by atoms with E-state index in [1.807, 2.05) is 0 Å². The Morgan fingerprint density at radius 3 is 2.50 bits per heavy atom. The second-order valence-corrected chi connectivity index (χ2v) is 4.88. The van der Waals surface area contributed by atoms with Gasteiger partial charge in [0.15, 0.2) is 5.82 Å². The van der Waals surface area contributed by atoms with E-state index in [2.05, 4.69) is 21.9 Å². The van der Waals surface area contributed by atoms with Gasteiger partial charge in [0.25, 0.3) is 0 Å². The van der Waals surface area contributed by atoms with Crippen LogP contribution in [0.2, 0.25) is 0 Å². The number of ether oxygens (including phenoxy) is 1. The summed E-state index contributed by atoms with van der Waals surface area (Å²) >= 11 is 0. The lowest BCUT2D eigenvalue weighted by molar-refractivity contribution is 0.399. The molecule has 0 saturated heterocycles. The molecule has 1 aliphatic rings. The Balaban J connectivity index is 2.19. The number of anilines is 2. The van der Waals surface area contributed by atoms with Gasteiger partial charge in [-0.2, -0.15) is 4.98 Å². The van der Waals surface area contributed by atoms with Crippen molar-refractivity contribution >= 4 is 11.5 Å². The number of hydrogen-bond acceptors (Lipinski definition) is 5. The molecular formula is C13H22N4O. The van der Waals surface area contributed by atoms with E-state index in [-0.39, 0.29) is 0 Å². The zero-order valence-corrected chi connectivity index (χ0v) is 11.2. The molecular weight excluding hydrogens is 228 g/mol. The zero-order valence-electron chi connectivity index (χ0n) is 11.2. The Morgan fingerprint density at radius 1 is 1.22 bits per heavy atom. The normalized spacial score (nSPS) is 17.2. The van der Waals surface area contributed by atoms with Crippen LogP contribution in [0.1, 0.15) is 38.5 Å². The van der Waals surface area contributed by atoms with Gasteiger partial charge in [-0.05, 0) is 12.8 Å². The standard InChI is InChI=1S/C13H22N4O/c1-17(10-7-5-3-4-6-8-10)12-11(14)13(18-2)16-9-15-12/h9-10H,3-8,14H2,1-2H3. The summed E-state index contributed by atoms with van der Waals surface area (Å²) in [5, 5.41) is 0. The summed E-state index contributed by atoms with van der Waals surface area (Å²) < 4.78 is 5.15. The van der Waals surface area contributed by atoms with Crippen LogP contribution in [0, 0.1) is 0 Å². The average molecular weight is 250 g/mol. The van der Waals surface area contributed by atoms with Crippen LogP contribution in [0.3, 0.4) is 0 Å². The monoisotopic (exact) mass is 250 g/mol. The van der Waals surface area contributed by atoms with Crippen molar-refractivity contribution in [2.75, 3.05) is 24.8 Å². The summed E-state index contributed by atoms with van der Waals surface area (Å²) in [6, 6.07) is 0.523. The highest BCUT2D eigenvalue weighted by molar-refractivity contribution is 5.67. The van der Waals surface area contributed by atoms with Crippen LogP contribution in [0.5, 0.6) is 5.88 Å². The number of rotatable bonds is 3. The van der Waals surface area contributed by atoms with E-state index < -0.39 is 0 Å². The molecule has 5 nitrogen and oxygen atoms in total. The molecule has 0 aliphatic heterocycles. The van der Waals surface area contributed by atoms with Crippen molar-refractivity contribution in [2.24, 2.45) is 0 Å². The lowest BCUT2D eigenvalue weighted by Crippen LogP contribution is -2.32. The first-order valence-corrected chi connectivity index (χ1v) is 6.61. The van der Waals surface area contributed by atoms with Crippen LogP contribution < -0.4 is 15.4 Å². The SMILES string of the molecule is COc1ncnc(N(C)C2CCCCCC2)c1N. The molecule has 2 rings (SSSR count). The van der Waals surface area contributed by atoms with Crippen molar-refractivity contribution in [2.45, 2.75) is 44.6 Å². The van der Waals surface area contributed by atoms with E-state index in [4.69, 9.17) is 10.5 Å². The maximum absolute atomic E-state index is 6.05. The lowest BCUT2D eigenvalue weighted by Gasteiger charge is -2.29.